The van der Waals surface area contributed by atoms with Crippen molar-refractivity contribution in [2.45, 2.75) is 13.8 Å². The number of hydrogen-bond donors (Lipinski definition) is 1. The molecule has 0 aromatic heterocycles. The largest absolute Gasteiger partial charge is 0.325 e. The van der Waals surface area contributed by atoms with Crippen LogP contribution in [0, 0.1) is 5.41 Å². The zero-order valence-electron chi connectivity index (χ0n) is 9.13. The van der Waals surface area contributed by atoms with E-state index in [1.807, 2.05) is 13.8 Å². The molecule has 0 saturated heterocycles. The Morgan fingerprint density at radius 1 is 1.38 bits per heavy atom. The lowest BCUT2D eigenvalue weighted by molar-refractivity contribution is -0.121. The van der Waals surface area contributed by atoms with Crippen LogP contribution in [0.15, 0.2) is 35.3 Å². The van der Waals surface area contributed by atoms with Gasteiger partial charge < -0.3 is 5.32 Å². The molecule has 0 spiro atoms. The Bertz CT molecular complexity index is 398. The van der Waals surface area contributed by atoms with Crippen LogP contribution >= 0.6 is 27.5 Å². The van der Waals surface area contributed by atoms with Crippen LogP contribution in [0.2, 0.25) is 5.02 Å². The Morgan fingerprint density at radius 2 is 1.94 bits per heavy atom. The number of hydrogen-bond acceptors (Lipinski definition) is 1. The van der Waals surface area contributed by atoms with E-state index in [0.29, 0.717) is 5.02 Å². The summed E-state index contributed by atoms with van der Waals surface area (Å²) in [5.74, 6) is -0.0643. The summed E-state index contributed by atoms with van der Waals surface area (Å²) >= 11 is 8.93. The summed E-state index contributed by atoms with van der Waals surface area (Å²) in [6.45, 7) is 3.69. The summed E-state index contributed by atoms with van der Waals surface area (Å²) in [6, 6.07) is 7.03. The van der Waals surface area contributed by atoms with E-state index in [2.05, 4.69) is 21.2 Å². The van der Waals surface area contributed by atoms with Crippen molar-refractivity contribution in [3.63, 3.8) is 0 Å². The summed E-state index contributed by atoms with van der Waals surface area (Å²) in [5, 5.41) is 3.48. The predicted octanol–water partition coefficient (Wildman–Crippen LogP) is 4.21. The van der Waals surface area contributed by atoms with Gasteiger partial charge in [0, 0.05) is 10.7 Å². The Kier molecular flexibility index (Phi) is 4.56. The van der Waals surface area contributed by atoms with Crippen LogP contribution in [0.1, 0.15) is 13.8 Å². The Morgan fingerprint density at radius 3 is 2.44 bits per heavy atom. The highest BCUT2D eigenvalue weighted by atomic mass is 79.9. The standard InChI is InChI=1S/C12H13BrClNO/c1-12(2,7-8-13)11(16)15-10-5-3-9(14)4-6-10/h3-8H,1-2H3,(H,15,16). The second-order valence-electron chi connectivity index (χ2n) is 3.98. The van der Waals surface area contributed by atoms with Crippen LogP contribution in [-0.4, -0.2) is 5.91 Å². The van der Waals surface area contributed by atoms with Gasteiger partial charge in [0.15, 0.2) is 0 Å². The first-order valence-corrected chi connectivity index (χ1v) is 6.10. The van der Waals surface area contributed by atoms with Gasteiger partial charge in [-0.05, 0) is 43.1 Å². The number of carbonyl (C=O) groups is 1. The summed E-state index contributed by atoms with van der Waals surface area (Å²) in [7, 11) is 0. The zero-order chi connectivity index (χ0) is 12.2. The smallest absolute Gasteiger partial charge is 0.233 e. The molecule has 0 aliphatic heterocycles. The molecule has 1 aromatic carbocycles. The lowest BCUT2D eigenvalue weighted by Gasteiger charge is -2.19. The van der Waals surface area contributed by atoms with E-state index < -0.39 is 5.41 Å². The maximum absolute atomic E-state index is 11.9. The van der Waals surface area contributed by atoms with E-state index in [-0.39, 0.29) is 5.91 Å². The van der Waals surface area contributed by atoms with E-state index in [9.17, 15) is 4.79 Å². The van der Waals surface area contributed by atoms with Crippen LogP contribution in [0.5, 0.6) is 0 Å². The lowest BCUT2D eigenvalue weighted by atomic mass is 9.92. The molecular formula is C12H13BrClNO. The monoisotopic (exact) mass is 301 g/mol. The number of benzene rings is 1. The number of anilines is 1. The van der Waals surface area contributed by atoms with Gasteiger partial charge in [0.05, 0.1) is 5.41 Å². The quantitative estimate of drug-likeness (QED) is 0.890. The first-order valence-electron chi connectivity index (χ1n) is 4.80. The molecule has 16 heavy (non-hydrogen) atoms. The van der Waals surface area contributed by atoms with Crippen LogP contribution in [0.3, 0.4) is 0 Å². The highest BCUT2D eigenvalue weighted by molar-refractivity contribution is 9.11. The lowest BCUT2D eigenvalue weighted by Crippen LogP contribution is -2.28. The number of carbonyl (C=O) groups excluding carboxylic acids is 1. The first kappa shape index (κ1) is 13.3. The van der Waals surface area contributed by atoms with Gasteiger partial charge in [-0.3, -0.25) is 4.79 Å². The molecule has 1 aromatic rings. The molecule has 0 bridgehead atoms. The Hall–Kier alpha value is -0.800. The molecule has 0 fully saturated rings. The van der Waals surface area contributed by atoms with E-state index in [0.717, 1.165) is 5.69 Å². The first-order chi connectivity index (χ1) is 7.45. The van der Waals surface area contributed by atoms with E-state index in [1.165, 1.54) is 0 Å². The molecule has 86 valence electrons. The molecule has 0 heterocycles. The number of amides is 1. The summed E-state index contributed by atoms with van der Waals surface area (Å²) in [5.41, 5.74) is 0.189. The van der Waals surface area contributed by atoms with Gasteiger partial charge in [-0.1, -0.05) is 33.6 Å². The molecule has 0 unspecified atom stereocenters. The fourth-order valence-electron chi connectivity index (χ4n) is 1.06. The molecule has 0 saturated carbocycles. The van der Waals surface area contributed by atoms with Crippen LogP contribution in [-0.2, 0) is 4.79 Å². The average molecular weight is 303 g/mol. The van der Waals surface area contributed by atoms with Gasteiger partial charge in [-0.15, -0.1) is 0 Å². The van der Waals surface area contributed by atoms with Crippen molar-refractivity contribution in [3.8, 4) is 0 Å². The molecule has 4 heteroatoms. The molecule has 1 N–H and O–H groups in total. The van der Waals surface area contributed by atoms with Crippen LogP contribution in [0.25, 0.3) is 0 Å². The fraction of sp³-hybridized carbons (Fsp3) is 0.250. The van der Waals surface area contributed by atoms with Crippen molar-refractivity contribution in [2.24, 2.45) is 5.41 Å². The normalized spacial score (nSPS) is 11.8. The molecule has 0 radical (unpaired) electrons. The summed E-state index contributed by atoms with van der Waals surface area (Å²) in [4.78, 5) is 13.6. The number of nitrogens with one attached hydrogen (secondary N) is 1. The van der Waals surface area contributed by atoms with Gasteiger partial charge in [0.25, 0.3) is 0 Å². The third-order valence-electron chi connectivity index (χ3n) is 2.17. The average Bonchev–Trinajstić information content (AvgIpc) is 2.21. The maximum atomic E-state index is 11.9. The van der Waals surface area contributed by atoms with E-state index in [1.54, 1.807) is 35.3 Å². The van der Waals surface area contributed by atoms with Gasteiger partial charge in [-0.2, -0.15) is 0 Å². The second kappa shape index (κ2) is 5.51. The summed E-state index contributed by atoms with van der Waals surface area (Å²) < 4.78 is 0. The number of halogens is 2. The second-order valence-corrected chi connectivity index (χ2v) is 4.94. The van der Waals surface area contributed by atoms with Crippen molar-refractivity contribution < 1.29 is 4.79 Å². The molecule has 0 aliphatic rings. The molecule has 0 aliphatic carbocycles. The molecular weight excluding hydrogens is 289 g/mol. The highest BCUT2D eigenvalue weighted by Crippen LogP contribution is 2.21. The van der Waals surface area contributed by atoms with Gasteiger partial charge in [-0.25, -0.2) is 0 Å². The maximum Gasteiger partial charge on any atom is 0.233 e. The SMILES string of the molecule is CC(C)(C=CBr)C(=O)Nc1ccc(Cl)cc1. The molecule has 0 atom stereocenters. The van der Waals surface area contributed by atoms with Gasteiger partial charge in [0.2, 0.25) is 5.91 Å². The fourth-order valence-corrected chi connectivity index (χ4v) is 1.85. The third-order valence-corrected chi connectivity index (χ3v) is 2.68. The van der Waals surface area contributed by atoms with Crippen molar-refractivity contribution in [1.29, 1.82) is 0 Å². The Balaban J connectivity index is 2.75. The molecule has 1 amide bonds. The molecule has 2 nitrogen and oxygen atoms in total. The van der Waals surface area contributed by atoms with Crippen molar-refractivity contribution in [3.05, 3.63) is 40.3 Å². The van der Waals surface area contributed by atoms with Crippen molar-refractivity contribution in [2.75, 3.05) is 5.32 Å². The van der Waals surface area contributed by atoms with Crippen LogP contribution in [0.4, 0.5) is 5.69 Å². The van der Waals surface area contributed by atoms with Gasteiger partial charge in [0.1, 0.15) is 0 Å². The van der Waals surface area contributed by atoms with Crippen molar-refractivity contribution >= 4 is 39.1 Å². The van der Waals surface area contributed by atoms with Crippen molar-refractivity contribution in [1.82, 2.24) is 0 Å². The zero-order valence-corrected chi connectivity index (χ0v) is 11.5. The summed E-state index contributed by atoms with van der Waals surface area (Å²) in [6.07, 6.45) is 1.79. The van der Waals surface area contributed by atoms with E-state index >= 15 is 0 Å². The predicted molar refractivity (Wildman–Crippen MR) is 71.9 cm³/mol. The van der Waals surface area contributed by atoms with Crippen LogP contribution < -0.4 is 5.32 Å². The van der Waals surface area contributed by atoms with E-state index in [4.69, 9.17) is 11.6 Å². The third kappa shape index (κ3) is 3.65. The highest BCUT2D eigenvalue weighted by Gasteiger charge is 2.24. The Labute approximate surface area is 109 Å². The minimum atomic E-state index is -0.552. The number of rotatable bonds is 3. The van der Waals surface area contributed by atoms with Gasteiger partial charge >= 0.3 is 0 Å². The molecule has 1 rings (SSSR count). The minimum absolute atomic E-state index is 0.0643. The minimum Gasteiger partial charge on any atom is -0.325 e. The topological polar surface area (TPSA) is 29.1 Å².